The van der Waals surface area contributed by atoms with Gasteiger partial charge in [0.2, 0.25) is 0 Å². The molecule has 0 amide bonds. The van der Waals surface area contributed by atoms with Gasteiger partial charge >= 0.3 is 5.97 Å². The first-order valence-corrected chi connectivity index (χ1v) is 6.51. The summed E-state index contributed by atoms with van der Waals surface area (Å²) in [6.45, 7) is 1.91. The Hall–Kier alpha value is -2.89. The molecule has 0 fully saturated rings. The van der Waals surface area contributed by atoms with Crippen LogP contribution in [-0.4, -0.2) is 31.4 Å². The number of fused-ring (bicyclic) bond motifs is 1. The summed E-state index contributed by atoms with van der Waals surface area (Å²) in [5, 5.41) is 26.2. The molecule has 0 aliphatic carbocycles. The van der Waals surface area contributed by atoms with Crippen molar-refractivity contribution in [1.29, 1.82) is 0 Å². The number of pyridine rings is 1. The van der Waals surface area contributed by atoms with Gasteiger partial charge in [0.05, 0.1) is 22.3 Å². The SMILES string of the molecule is CCc1n[nH]c2nc(-c3ccc(O)cc3)cc(C(=O)O)c12. The molecule has 0 atom stereocenters. The zero-order valence-corrected chi connectivity index (χ0v) is 11.3. The van der Waals surface area contributed by atoms with Crippen LogP contribution in [0.5, 0.6) is 5.75 Å². The maximum Gasteiger partial charge on any atom is 0.336 e. The fourth-order valence-electron chi connectivity index (χ4n) is 2.30. The summed E-state index contributed by atoms with van der Waals surface area (Å²) < 4.78 is 0. The molecule has 21 heavy (non-hydrogen) atoms. The summed E-state index contributed by atoms with van der Waals surface area (Å²) >= 11 is 0. The van der Waals surface area contributed by atoms with Gasteiger partial charge in [0.15, 0.2) is 5.65 Å². The molecule has 3 N–H and O–H groups in total. The number of carbonyl (C=O) groups is 1. The quantitative estimate of drug-likeness (QED) is 0.686. The number of aromatic hydroxyl groups is 1. The average molecular weight is 283 g/mol. The summed E-state index contributed by atoms with van der Waals surface area (Å²) in [7, 11) is 0. The second-order valence-corrected chi connectivity index (χ2v) is 4.65. The Balaban J connectivity index is 2.26. The van der Waals surface area contributed by atoms with Gasteiger partial charge in [0.1, 0.15) is 5.75 Å². The van der Waals surface area contributed by atoms with Gasteiger partial charge in [0.25, 0.3) is 0 Å². The first-order chi connectivity index (χ1) is 10.1. The molecule has 0 aliphatic heterocycles. The van der Waals surface area contributed by atoms with E-state index in [2.05, 4.69) is 15.2 Å². The number of H-pyrrole nitrogens is 1. The Labute approximate surface area is 120 Å². The average Bonchev–Trinajstić information content (AvgIpc) is 2.89. The van der Waals surface area contributed by atoms with Crippen LogP contribution in [0.3, 0.4) is 0 Å². The van der Waals surface area contributed by atoms with Crippen molar-refractivity contribution in [3.8, 4) is 17.0 Å². The summed E-state index contributed by atoms with van der Waals surface area (Å²) in [5.74, 6) is -0.869. The first-order valence-electron chi connectivity index (χ1n) is 6.51. The second-order valence-electron chi connectivity index (χ2n) is 4.65. The molecule has 2 aromatic heterocycles. The summed E-state index contributed by atoms with van der Waals surface area (Å²) in [6, 6.07) is 7.97. The Morgan fingerprint density at radius 3 is 2.62 bits per heavy atom. The molecule has 6 heteroatoms. The molecule has 106 valence electrons. The van der Waals surface area contributed by atoms with Crippen LogP contribution in [0.4, 0.5) is 0 Å². The lowest BCUT2D eigenvalue weighted by Gasteiger charge is -2.05. The van der Waals surface area contributed by atoms with E-state index >= 15 is 0 Å². The summed E-state index contributed by atoms with van der Waals surface area (Å²) in [4.78, 5) is 15.9. The third-order valence-electron chi connectivity index (χ3n) is 3.33. The lowest BCUT2D eigenvalue weighted by Crippen LogP contribution is -2.00. The van der Waals surface area contributed by atoms with Crippen LogP contribution in [0.1, 0.15) is 23.0 Å². The van der Waals surface area contributed by atoms with Gasteiger partial charge in [-0.2, -0.15) is 5.10 Å². The number of hydrogen-bond acceptors (Lipinski definition) is 4. The number of carboxylic acid groups (broad SMARTS) is 1. The van der Waals surface area contributed by atoms with Gasteiger partial charge in [-0.3, -0.25) is 5.10 Å². The van der Waals surface area contributed by atoms with E-state index in [0.717, 1.165) is 5.56 Å². The van der Waals surface area contributed by atoms with Crippen LogP contribution in [0.15, 0.2) is 30.3 Å². The highest BCUT2D eigenvalue weighted by molar-refractivity contribution is 6.03. The first kappa shape index (κ1) is 13.1. The highest BCUT2D eigenvalue weighted by Gasteiger charge is 2.17. The molecular formula is C15H13N3O3. The van der Waals surface area contributed by atoms with Gasteiger partial charge in [-0.05, 0) is 36.8 Å². The Bertz CT molecular complexity index is 822. The number of aryl methyl sites for hydroxylation is 1. The lowest BCUT2D eigenvalue weighted by atomic mass is 10.0. The monoisotopic (exact) mass is 283 g/mol. The molecule has 0 aliphatic rings. The highest BCUT2D eigenvalue weighted by Crippen LogP contribution is 2.27. The lowest BCUT2D eigenvalue weighted by molar-refractivity contribution is 0.0699. The number of nitrogens with one attached hydrogen (secondary N) is 1. The minimum atomic E-state index is -1.02. The Morgan fingerprint density at radius 2 is 2.00 bits per heavy atom. The van der Waals surface area contributed by atoms with Crippen LogP contribution in [0.2, 0.25) is 0 Å². The van der Waals surface area contributed by atoms with Crippen LogP contribution < -0.4 is 0 Å². The van der Waals surface area contributed by atoms with E-state index in [1.807, 2.05) is 6.92 Å². The maximum absolute atomic E-state index is 11.5. The molecule has 0 unspecified atom stereocenters. The van der Waals surface area contributed by atoms with Gasteiger partial charge in [-0.15, -0.1) is 0 Å². The van der Waals surface area contributed by atoms with Crippen LogP contribution in [0.25, 0.3) is 22.3 Å². The fourth-order valence-corrected chi connectivity index (χ4v) is 2.30. The maximum atomic E-state index is 11.5. The van der Waals surface area contributed by atoms with Crippen molar-refractivity contribution in [3.63, 3.8) is 0 Å². The molecule has 0 radical (unpaired) electrons. The van der Waals surface area contributed by atoms with Gasteiger partial charge in [-0.25, -0.2) is 9.78 Å². The number of rotatable bonds is 3. The molecular weight excluding hydrogens is 270 g/mol. The largest absolute Gasteiger partial charge is 0.508 e. The molecule has 1 aromatic carbocycles. The fraction of sp³-hybridized carbons (Fsp3) is 0.133. The predicted octanol–water partition coefficient (Wildman–Crippen LogP) is 2.59. The number of aromatic amines is 1. The number of benzene rings is 1. The number of nitrogens with zero attached hydrogens (tertiary/aromatic N) is 2. The summed E-state index contributed by atoms with van der Waals surface area (Å²) in [5.41, 5.74) is 2.56. The predicted molar refractivity (Wildman–Crippen MR) is 77.3 cm³/mol. The smallest absolute Gasteiger partial charge is 0.336 e. The van der Waals surface area contributed by atoms with E-state index in [-0.39, 0.29) is 11.3 Å². The van der Waals surface area contributed by atoms with Gasteiger partial charge < -0.3 is 10.2 Å². The molecule has 3 rings (SSSR count). The van der Waals surface area contributed by atoms with Gasteiger partial charge in [0, 0.05) is 5.56 Å². The van der Waals surface area contributed by atoms with Crippen molar-refractivity contribution in [2.24, 2.45) is 0 Å². The number of phenolic OH excluding ortho intramolecular Hbond substituents is 1. The minimum absolute atomic E-state index is 0.146. The van der Waals surface area contributed by atoms with Gasteiger partial charge in [-0.1, -0.05) is 6.92 Å². The van der Waals surface area contributed by atoms with Crippen molar-refractivity contribution in [1.82, 2.24) is 15.2 Å². The molecule has 2 heterocycles. The van der Waals surface area contributed by atoms with E-state index in [1.54, 1.807) is 12.1 Å². The van der Waals surface area contributed by atoms with Crippen molar-refractivity contribution in [2.45, 2.75) is 13.3 Å². The zero-order chi connectivity index (χ0) is 15.0. The number of phenols is 1. The van der Waals surface area contributed by atoms with E-state index in [0.29, 0.717) is 28.8 Å². The van der Waals surface area contributed by atoms with E-state index in [4.69, 9.17) is 0 Å². The molecule has 0 saturated heterocycles. The number of aromatic nitrogens is 3. The molecule has 3 aromatic rings. The number of hydrogen-bond donors (Lipinski definition) is 3. The molecule has 0 bridgehead atoms. The standard InChI is InChI=1S/C15H13N3O3/c1-2-11-13-10(15(20)21)7-12(16-14(13)18-17-11)8-3-5-9(19)6-4-8/h3-7,19H,2H2,1H3,(H,20,21)(H,16,17,18). The van der Waals surface area contributed by atoms with Crippen molar-refractivity contribution in [3.05, 3.63) is 41.6 Å². The normalized spacial score (nSPS) is 10.9. The number of carboxylic acids is 1. The van der Waals surface area contributed by atoms with E-state index in [9.17, 15) is 15.0 Å². The third-order valence-corrected chi connectivity index (χ3v) is 3.33. The minimum Gasteiger partial charge on any atom is -0.508 e. The molecule has 0 saturated carbocycles. The molecule has 0 spiro atoms. The second kappa shape index (κ2) is 4.90. The molecule has 6 nitrogen and oxygen atoms in total. The van der Waals surface area contributed by atoms with Crippen molar-refractivity contribution < 1.29 is 15.0 Å². The third kappa shape index (κ3) is 2.20. The van der Waals surface area contributed by atoms with E-state index < -0.39 is 5.97 Å². The van der Waals surface area contributed by atoms with E-state index in [1.165, 1.54) is 18.2 Å². The van der Waals surface area contributed by atoms with Crippen molar-refractivity contribution in [2.75, 3.05) is 0 Å². The van der Waals surface area contributed by atoms with Crippen LogP contribution in [0, 0.1) is 0 Å². The highest BCUT2D eigenvalue weighted by atomic mass is 16.4. The Kier molecular flexibility index (Phi) is 3.06. The van der Waals surface area contributed by atoms with Crippen molar-refractivity contribution >= 4 is 17.0 Å². The topological polar surface area (TPSA) is 99.1 Å². The van der Waals surface area contributed by atoms with Crippen LogP contribution >= 0.6 is 0 Å². The number of aromatic carboxylic acids is 1. The Morgan fingerprint density at radius 1 is 1.29 bits per heavy atom. The summed E-state index contributed by atoms with van der Waals surface area (Å²) in [6.07, 6.45) is 0.626. The zero-order valence-electron chi connectivity index (χ0n) is 11.3. The van der Waals surface area contributed by atoms with Crippen LogP contribution in [-0.2, 0) is 6.42 Å².